The summed E-state index contributed by atoms with van der Waals surface area (Å²) < 4.78 is 4.97. The number of hydrogen-bond donors (Lipinski definition) is 1. The summed E-state index contributed by atoms with van der Waals surface area (Å²) in [6.45, 7) is 0.808. The van der Waals surface area contributed by atoms with Crippen LogP contribution in [-0.2, 0) is 11.3 Å². The number of benzene rings is 1. The maximum absolute atomic E-state index is 11.1. The van der Waals surface area contributed by atoms with E-state index in [-0.39, 0.29) is 0 Å². The Bertz CT molecular complexity index is 295. The summed E-state index contributed by atoms with van der Waals surface area (Å²) in [4.78, 5) is 11.1. The van der Waals surface area contributed by atoms with E-state index in [1.165, 1.54) is 0 Å². The topological polar surface area (TPSA) is 38.3 Å². The molecule has 1 aromatic rings. The Morgan fingerprint density at radius 3 is 2.80 bits per heavy atom. The Kier molecular flexibility index (Phi) is 6.04. The van der Waals surface area contributed by atoms with Crippen LogP contribution in [0, 0.1) is 0 Å². The fraction of sp³-hybridized carbons (Fsp3) is 0.300. The maximum Gasteiger partial charge on any atom is 0.407 e. The van der Waals surface area contributed by atoms with Crippen molar-refractivity contribution in [2.24, 2.45) is 0 Å². The summed E-state index contributed by atoms with van der Waals surface area (Å²) in [5.41, 5.74) is 0.972. The molecule has 0 bridgehead atoms. The van der Waals surface area contributed by atoms with E-state index in [0.29, 0.717) is 18.9 Å². The number of amides is 1. The minimum absolute atomic E-state index is 0.292. The maximum atomic E-state index is 11.1. The number of nitrogens with one attached hydrogen (secondary N) is 1. The molecule has 0 heterocycles. The van der Waals surface area contributed by atoms with Gasteiger partial charge in [0, 0.05) is 12.3 Å². The quantitative estimate of drug-likeness (QED) is 0.811. The largest absolute Gasteiger partial charge is 0.445 e. The van der Waals surface area contributed by atoms with Crippen LogP contribution in [0.15, 0.2) is 30.3 Å². The number of rotatable bonds is 5. The van der Waals surface area contributed by atoms with E-state index >= 15 is 0 Å². The molecule has 1 aromatic carbocycles. The second-order valence-electron chi connectivity index (χ2n) is 2.80. The molecule has 0 saturated carbocycles. The minimum Gasteiger partial charge on any atom is -0.445 e. The van der Waals surface area contributed by atoms with Gasteiger partial charge in [-0.3, -0.25) is 0 Å². The van der Waals surface area contributed by atoms with Gasteiger partial charge in [-0.1, -0.05) is 41.3 Å². The van der Waals surface area contributed by atoms with Gasteiger partial charge in [-0.25, -0.2) is 4.79 Å². The normalized spacial score (nSPS) is 9.67. The highest BCUT2D eigenvalue weighted by atomic mass is 35.7. The van der Waals surface area contributed by atoms with E-state index < -0.39 is 6.09 Å². The third-order valence-electron chi connectivity index (χ3n) is 1.66. The third-order valence-corrected chi connectivity index (χ3v) is 2.48. The van der Waals surface area contributed by atoms with Gasteiger partial charge in [0.15, 0.2) is 0 Å². The lowest BCUT2D eigenvalue weighted by molar-refractivity contribution is 0.140. The molecule has 0 saturated heterocycles. The van der Waals surface area contributed by atoms with Crippen LogP contribution in [0.25, 0.3) is 0 Å². The van der Waals surface area contributed by atoms with E-state index in [4.69, 9.17) is 15.4 Å². The van der Waals surface area contributed by atoms with Gasteiger partial charge in [0.05, 0.1) is 0 Å². The van der Waals surface area contributed by atoms with Crippen LogP contribution in [0.4, 0.5) is 4.79 Å². The molecule has 0 spiro atoms. The molecule has 5 heteroatoms. The Labute approximate surface area is 97.6 Å². The highest BCUT2D eigenvalue weighted by Crippen LogP contribution is 2.03. The molecule has 1 N–H and O–H groups in total. The Hall–Kier alpha value is -0.870. The number of hydrogen-bond acceptors (Lipinski definition) is 3. The smallest absolute Gasteiger partial charge is 0.407 e. The molecule has 1 rings (SSSR count). The van der Waals surface area contributed by atoms with Crippen molar-refractivity contribution in [3.05, 3.63) is 35.9 Å². The number of carbonyl (C=O) groups is 1. The van der Waals surface area contributed by atoms with Crippen molar-refractivity contribution in [1.82, 2.24) is 5.32 Å². The summed E-state index contributed by atoms with van der Waals surface area (Å²) in [7, 11) is 6.54. The molecule has 82 valence electrons. The summed E-state index contributed by atoms with van der Waals surface area (Å²) in [5, 5.41) is 2.59. The standard InChI is InChI=1S/C10H12ClNO2S/c11-15-7-6-12-10(13)14-8-9-4-2-1-3-5-9/h1-5H,6-8H2,(H,12,13). The molecule has 1 amide bonds. The zero-order chi connectivity index (χ0) is 10.9. The van der Waals surface area contributed by atoms with E-state index in [0.717, 1.165) is 16.5 Å². The lowest BCUT2D eigenvalue weighted by atomic mass is 10.2. The van der Waals surface area contributed by atoms with Crippen molar-refractivity contribution in [1.29, 1.82) is 0 Å². The highest BCUT2D eigenvalue weighted by molar-refractivity contribution is 8.21. The first-order valence-corrected chi connectivity index (χ1v) is 6.32. The van der Waals surface area contributed by atoms with Crippen molar-refractivity contribution >= 4 is 27.8 Å². The molecule has 0 aliphatic carbocycles. The average Bonchev–Trinajstić information content (AvgIpc) is 2.28. The first-order valence-electron chi connectivity index (χ1n) is 4.51. The Balaban J connectivity index is 2.17. The van der Waals surface area contributed by atoms with Crippen molar-refractivity contribution in [3.8, 4) is 0 Å². The van der Waals surface area contributed by atoms with Crippen LogP contribution < -0.4 is 5.32 Å². The van der Waals surface area contributed by atoms with Crippen molar-refractivity contribution < 1.29 is 9.53 Å². The molecule has 0 aromatic heterocycles. The SMILES string of the molecule is O=C(NCCSCl)OCc1ccccc1. The molecule has 0 fully saturated rings. The summed E-state index contributed by atoms with van der Waals surface area (Å²) in [6.07, 6.45) is -0.412. The van der Waals surface area contributed by atoms with Gasteiger partial charge in [0.1, 0.15) is 6.61 Å². The van der Waals surface area contributed by atoms with Gasteiger partial charge in [-0.15, -0.1) is 0 Å². The number of halogens is 1. The van der Waals surface area contributed by atoms with Crippen LogP contribution in [0.3, 0.4) is 0 Å². The van der Waals surface area contributed by atoms with Gasteiger partial charge < -0.3 is 10.1 Å². The van der Waals surface area contributed by atoms with E-state index in [1.807, 2.05) is 30.3 Å². The summed E-state index contributed by atoms with van der Waals surface area (Å²) >= 11 is 0. The van der Waals surface area contributed by atoms with Crippen LogP contribution in [-0.4, -0.2) is 18.4 Å². The zero-order valence-corrected chi connectivity index (χ0v) is 9.68. The van der Waals surface area contributed by atoms with Gasteiger partial charge in [0.25, 0.3) is 0 Å². The minimum atomic E-state index is -0.412. The van der Waals surface area contributed by atoms with E-state index in [9.17, 15) is 4.79 Å². The van der Waals surface area contributed by atoms with Crippen LogP contribution in [0.5, 0.6) is 0 Å². The number of alkyl carbamates (subject to hydrolysis) is 1. The highest BCUT2D eigenvalue weighted by Gasteiger charge is 2.00. The van der Waals surface area contributed by atoms with E-state index in [1.54, 1.807) is 0 Å². The molecule has 15 heavy (non-hydrogen) atoms. The molecule has 3 nitrogen and oxygen atoms in total. The fourth-order valence-electron chi connectivity index (χ4n) is 0.966. The molecule has 0 atom stereocenters. The Morgan fingerprint density at radius 1 is 1.40 bits per heavy atom. The fourth-order valence-corrected chi connectivity index (χ4v) is 1.38. The summed E-state index contributed by atoms with van der Waals surface area (Å²) in [6, 6.07) is 9.53. The van der Waals surface area contributed by atoms with E-state index in [2.05, 4.69) is 5.32 Å². The molecular weight excluding hydrogens is 234 g/mol. The van der Waals surface area contributed by atoms with Crippen LogP contribution in [0.2, 0.25) is 0 Å². The average molecular weight is 246 g/mol. The van der Waals surface area contributed by atoms with Crippen molar-refractivity contribution in [2.75, 3.05) is 12.3 Å². The monoisotopic (exact) mass is 245 g/mol. The number of carbonyl (C=O) groups excluding carboxylic acids is 1. The second kappa shape index (κ2) is 7.43. The van der Waals surface area contributed by atoms with Crippen molar-refractivity contribution in [3.63, 3.8) is 0 Å². The van der Waals surface area contributed by atoms with Gasteiger partial charge >= 0.3 is 6.09 Å². The first kappa shape index (κ1) is 12.2. The molecule has 0 aliphatic rings. The van der Waals surface area contributed by atoms with Crippen molar-refractivity contribution in [2.45, 2.75) is 6.61 Å². The molecular formula is C10H12ClNO2S. The van der Waals surface area contributed by atoms with Crippen LogP contribution in [0.1, 0.15) is 5.56 Å². The lowest BCUT2D eigenvalue weighted by Gasteiger charge is -2.05. The first-order chi connectivity index (χ1) is 7.33. The molecule has 0 aliphatic heterocycles. The lowest BCUT2D eigenvalue weighted by Crippen LogP contribution is -2.26. The van der Waals surface area contributed by atoms with Gasteiger partial charge in [0.2, 0.25) is 0 Å². The molecule has 0 unspecified atom stereocenters. The van der Waals surface area contributed by atoms with Gasteiger partial charge in [-0.2, -0.15) is 0 Å². The summed E-state index contributed by atoms with van der Waals surface area (Å²) in [5.74, 6) is 0.669. The van der Waals surface area contributed by atoms with Gasteiger partial charge in [-0.05, 0) is 16.2 Å². The zero-order valence-electron chi connectivity index (χ0n) is 8.11. The third kappa shape index (κ3) is 5.54. The van der Waals surface area contributed by atoms with Crippen LogP contribution >= 0.6 is 21.7 Å². The Morgan fingerprint density at radius 2 is 2.13 bits per heavy atom. The second-order valence-corrected chi connectivity index (χ2v) is 4.08. The predicted octanol–water partition coefficient (Wildman–Crippen LogP) is 2.80. The predicted molar refractivity (Wildman–Crippen MR) is 62.9 cm³/mol. The number of ether oxygens (including phenoxy) is 1. The molecule has 0 radical (unpaired) electrons.